The zero-order chi connectivity index (χ0) is 19.1. The Morgan fingerprint density at radius 3 is 2.70 bits per heavy atom. The minimum absolute atomic E-state index is 0.186. The Labute approximate surface area is 165 Å². The largest absolute Gasteiger partial charge is 0.342 e. The molecule has 0 bridgehead atoms. The van der Waals surface area contributed by atoms with Crippen LogP contribution in [0.4, 0.5) is 4.39 Å². The second-order valence-electron chi connectivity index (χ2n) is 6.28. The lowest BCUT2D eigenvalue weighted by atomic mass is 10.1. The highest BCUT2D eigenvalue weighted by Gasteiger charge is 2.27. The summed E-state index contributed by atoms with van der Waals surface area (Å²) >= 11 is 11.3. The van der Waals surface area contributed by atoms with Gasteiger partial charge in [0, 0.05) is 40.3 Å². The molecule has 1 amide bonds. The predicted molar refractivity (Wildman–Crippen MR) is 109 cm³/mol. The Morgan fingerprint density at radius 1 is 1.22 bits per heavy atom. The van der Waals surface area contributed by atoms with Crippen LogP contribution in [0.3, 0.4) is 0 Å². The number of carbonyl (C=O) groups excluding carboxylic acids is 1. The molecule has 27 heavy (non-hydrogen) atoms. The van der Waals surface area contributed by atoms with Gasteiger partial charge in [-0.3, -0.25) is 9.69 Å². The van der Waals surface area contributed by atoms with Crippen LogP contribution in [0.5, 0.6) is 0 Å². The summed E-state index contributed by atoms with van der Waals surface area (Å²) in [6, 6.07) is 12.4. The normalized spacial score (nSPS) is 15.8. The van der Waals surface area contributed by atoms with Crippen molar-refractivity contribution in [1.29, 1.82) is 0 Å². The number of likely N-dealkylation sites (N-methyl/N-ethyl adjacent to an activating group) is 1. The molecule has 136 valence electrons. The number of benzene rings is 2. The van der Waals surface area contributed by atoms with E-state index in [0.717, 1.165) is 16.5 Å². The van der Waals surface area contributed by atoms with Crippen molar-refractivity contribution in [3.63, 3.8) is 0 Å². The van der Waals surface area contributed by atoms with E-state index in [0.29, 0.717) is 21.4 Å². The molecule has 1 aliphatic heterocycles. The summed E-state index contributed by atoms with van der Waals surface area (Å²) in [5.41, 5.74) is 2.60. The fraction of sp³-hybridized carbons (Fsp3) is 0.100. The molecule has 4 rings (SSSR count). The quantitative estimate of drug-likeness (QED) is 0.530. The summed E-state index contributed by atoms with van der Waals surface area (Å²) in [4.78, 5) is 13.7. The molecule has 7 heteroatoms. The summed E-state index contributed by atoms with van der Waals surface area (Å²) in [6.07, 6.45) is 3.65. The molecule has 1 fully saturated rings. The topological polar surface area (TPSA) is 37.3 Å². The maximum Gasteiger partial charge on any atom is 0.276 e. The van der Waals surface area contributed by atoms with E-state index in [1.165, 1.54) is 11.0 Å². The molecule has 2 heterocycles. The van der Waals surface area contributed by atoms with Crippen molar-refractivity contribution in [2.75, 3.05) is 7.05 Å². The monoisotopic (exact) mass is 399 g/mol. The number of para-hydroxylation sites is 1. The van der Waals surface area contributed by atoms with Gasteiger partial charge in [-0.2, -0.15) is 0 Å². The molecule has 0 spiro atoms. The van der Waals surface area contributed by atoms with Crippen molar-refractivity contribution in [2.45, 2.75) is 6.54 Å². The molecule has 1 saturated heterocycles. The van der Waals surface area contributed by atoms with Crippen molar-refractivity contribution in [2.24, 2.45) is 0 Å². The number of fused-ring (bicyclic) bond motifs is 1. The van der Waals surface area contributed by atoms with Crippen LogP contribution in [0.2, 0.25) is 5.02 Å². The van der Waals surface area contributed by atoms with Crippen LogP contribution < -0.4 is 5.32 Å². The zero-order valence-corrected chi connectivity index (χ0v) is 15.9. The number of hydrogen-bond donors (Lipinski definition) is 1. The van der Waals surface area contributed by atoms with Gasteiger partial charge in [-0.15, -0.1) is 0 Å². The minimum atomic E-state index is -0.347. The number of nitrogens with one attached hydrogen (secondary N) is 1. The van der Waals surface area contributed by atoms with E-state index in [1.807, 2.05) is 35.0 Å². The van der Waals surface area contributed by atoms with Crippen LogP contribution in [-0.2, 0) is 11.3 Å². The average molecular weight is 400 g/mol. The third-order valence-corrected chi connectivity index (χ3v) is 5.32. The minimum Gasteiger partial charge on any atom is -0.342 e. The lowest BCUT2D eigenvalue weighted by molar-refractivity contribution is -0.121. The van der Waals surface area contributed by atoms with Crippen molar-refractivity contribution in [1.82, 2.24) is 14.8 Å². The van der Waals surface area contributed by atoms with E-state index < -0.39 is 0 Å². The molecule has 1 aliphatic rings. The van der Waals surface area contributed by atoms with Gasteiger partial charge in [-0.25, -0.2) is 4.39 Å². The first-order chi connectivity index (χ1) is 13.0. The molecule has 3 aromatic rings. The molecule has 1 N–H and O–H groups in total. The van der Waals surface area contributed by atoms with Gasteiger partial charge < -0.3 is 9.88 Å². The van der Waals surface area contributed by atoms with Gasteiger partial charge in [-0.05, 0) is 36.5 Å². The van der Waals surface area contributed by atoms with E-state index in [4.69, 9.17) is 23.8 Å². The summed E-state index contributed by atoms with van der Waals surface area (Å²) in [5.74, 6) is -0.534. The number of aromatic nitrogens is 1. The Balaban J connectivity index is 1.81. The highest BCUT2D eigenvalue weighted by atomic mass is 35.5. The SMILES string of the molecule is CN1C(=O)/C(=C/c2cn(Cc3c(F)cccc3Cl)c3ccccc23)NC1=S. The smallest absolute Gasteiger partial charge is 0.276 e. The van der Waals surface area contributed by atoms with Crippen molar-refractivity contribution < 1.29 is 9.18 Å². The zero-order valence-electron chi connectivity index (χ0n) is 14.4. The Kier molecular flexibility index (Phi) is 4.45. The van der Waals surface area contributed by atoms with Crippen LogP contribution in [0.1, 0.15) is 11.1 Å². The first-order valence-electron chi connectivity index (χ1n) is 8.27. The van der Waals surface area contributed by atoms with Crippen LogP contribution in [0, 0.1) is 5.82 Å². The van der Waals surface area contributed by atoms with Gasteiger partial charge in [0.1, 0.15) is 11.5 Å². The molecule has 0 aliphatic carbocycles. The molecule has 1 aromatic heterocycles. The Bertz CT molecular complexity index is 1100. The van der Waals surface area contributed by atoms with Crippen LogP contribution in [0.25, 0.3) is 17.0 Å². The first-order valence-corrected chi connectivity index (χ1v) is 9.06. The number of hydrogen-bond acceptors (Lipinski definition) is 2. The van der Waals surface area contributed by atoms with E-state index in [2.05, 4.69) is 5.32 Å². The fourth-order valence-corrected chi connectivity index (χ4v) is 3.57. The van der Waals surface area contributed by atoms with Gasteiger partial charge >= 0.3 is 0 Å². The molecule has 0 unspecified atom stereocenters. The van der Waals surface area contributed by atoms with Crippen molar-refractivity contribution >= 4 is 51.8 Å². The molecule has 0 atom stereocenters. The molecular weight excluding hydrogens is 385 g/mol. The third-order valence-electron chi connectivity index (χ3n) is 4.59. The maximum atomic E-state index is 14.2. The van der Waals surface area contributed by atoms with Crippen LogP contribution in [0.15, 0.2) is 54.4 Å². The summed E-state index contributed by atoms with van der Waals surface area (Å²) in [7, 11) is 1.63. The van der Waals surface area contributed by atoms with Gasteiger partial charge in [0.05, 0.1) is 6.54 Å². The number of halogens is 2. The van der Waals surface area contributed by atoms with Crippen LogP contribution in [-0.4, -0.2) is 27.5 Å². The van der Waals surface area contributed by atoms with Crippen molar-refractivity contribution in [3.8, 4) is 0 Å². The van der Waals surface area contributed by atoms with Gasteiger partial charge in [0.15, 0.2) is 5.11 Å². The highest BCUT2D eigenvalue weighted by Crippen LogP contribution is 2.27. The summed E-state index contributed by atoms with van der Waals surface area (Å²) in [6.45, 7) is 0.287. The number of rotatable bonds is 3. The molecule has 0 saturated carbocycles. The molecule has 4 nitrogen and oxygen atoms in total. The second-order valence-corrected chi connectivity index (χ2v) is 7.08. The van der Waals surface area contributed by atoms with Gasteiger partial charge in [-0.1, -0.05) is 35.9 Å². The average Bonchev–Trinajstić information content (AvgIpc) is 3.11. The summed E-state index contributed by atoms with van der Waals surface area (Å²) in [5, 5.41) is 4.62. The standard InChI is InChI=1S/C20H15ClFN3OS/c1-24-19(26)17(23-20(24)27)9-12-10-25(18-8-3-2-5-13(12)18)11-14-15(21)6-4-7-16(14)22/h2-10H,11H2,1H3,(H,23,27)/b17-9-. The second kappa shape index (κ2) is 6.79. The number of nitrogens with zero attached hydrogens (tertiary/aromatic N) is 2. The van der Waals surface area contributed by atoms with E-state index in [-0.39, 0.29) is 18.3 Å². The molecule has 0 radical (unpaired) electrons. The first kappa shape index (κ1) is 17.7. The number of amides is 1. The Hall–Kier alpha value is -2.70. The predicted octanol–water partition coefficient (Wildman–Crippen LogP) is 4.17. The lowest BCUT2D eigenvalue weighted by Gasteiger charge is -2.08. The number of thiocarbonyl (C=S) groups is 1. The third kappa shape index (κ3) is 3.11. The van der Waals surface area contributed by atoms with Crippen molar-refractivity contribution in [3.05, 3.63) is 76.3 Å². The van der Waals surface area contributed by atoms with Crippen LogP contribution >= 0.6 is 23.8 Å². The fourth-order valence-electron chi connectivity index (χ4n) is 3.15. The van der Waals surface area contributed by atoms with E-state index >= 15 is 0 Å². The van der Waals surface area contributed by atoms with E-state index in [1.54, 1.807) is 25.3 Å². The maximum absolute atomic E-state index is 14.2. The molecule has 2 aromatic carbocycles. The van der Waals surface area contributed by atoms with Gasteiger partial charge in [0.2, 0.25) is 0 Å². The Morgan fingerprint density at radius 2 is 2.00 bits per heavy atom. The highest BCUT2D eigenvalue weighted by molar-refractivity contribution is 7.80. The number of carbonyl (C=O) groups is 1. The molecular formula is C20H15ClFN3OS. The van der Waals surface area contributed by atoms with E-state index in [9.17, 15) is 9.18 Å². The van der Waals surface area contributed by atoms with Gasteiger partial charge in [0.25, 0.3) is 5.91 Å². The lowest BCUT2D eigenvalue weighted by Crippen LogP contribution is -2.25. The summed E-state index contributed by atoms with van der Waals surface area (Å²) < 4.78 is 16.1.